The van der Waals surface area contributed by atoms with Gasteiger partial charge in [0, 0.05) is 0 Å². The molecule has 0 aromatic rings. The molecule has 2 rings (SSSR count). The first-order valence-corrected chi connectivity index (χ1v) is 14.1. The van der Waals surface area contributed by atoms with Gasteiger partial charge >= 0.3 is 0 Å². The predicted octanol–water partition coefficient (Wildman–Crippen LogP) is 7.11. The molecule has 0 aliphatic heterocycles. The van der Waals surface area contributed by atoms with Gasteiger partial charge in [0.2, 0.25) is 0 Å². The lowest BCUT2D eigenvalue weighted by atomic mass is 9.74. The van der Waals surface area contributed by atoms with E-state index in [9.17, 15) is 15.3 Å². The van der Waals surface area contributed by atoms with Gasteiger partial charge in [-0.25, -0.2) is 0 Å². The van der Waals surface area contributed by atoms with Crippen molar-refractivity contribution in [3.05, 3.63) is 0 Å². The van der Waals surface area contributed by atoms with Gasteiger partial charge in [-0.3, -0.25) is 0 Å². The molecule has 0 heterocycles. The highest BCUT2D eigenvalue weighted by Crippen LogP contribution is 2.38. The fraction of sp³-hybridized carbons (Fsp3) is 1.00. The highest BCUT2D eigenvalue weighted by Gasteiger charge is 2.30. The molecule has 190 valence electrons. The summed E-state index contributed by atoms with van der Waals surface area (Å²) < 4.78 is 0. The first kappa shape index (κ1) is 28.1. The van der Waals surface area contributed by atoms with Crippen molar-refractivity contribution in [2.75, 3.05) is 0 Å². The minimum Gasteiger partial charge on any atom is -0.393 e. The van der Waals surface area contributed by atoms with Crippen LogP contribution < -0.4 is 0 Å². The summed E-state index contributed by atoms with van der Waals surface area (Å²) in [5.74, 6) is 3.59. The lowest BCUT2D eigenvalue weighted by molar-refractivity contribution is -0.0111. The summed E-state index contributed by atoms with van der Waals surface area (Å²) in [6, 6.07) is 0. The van der Waals surface area contributed by atoms with Crippen LogP contribution in [0.1, 0.15) is 131 Å². The van der Waals surface area contributed by atoms with Crippen LogP contribution in [0.2, 0.25) is 0 Å². The van der Waals surface area contributed by atoms with Gasteiger partial charge in [0.25, 0.3) is 0 Å². The van der Waals surface area contributed by atoms with E-state index in [0.717, 1.165) is 43.4 Å². The number of aliphatic hydroxyl groups is 3. The van der Waals surface area contributed by atoms with E-state index >= 15 is 0 Å². The molecule has 2 unspecified atom stereocenters. The van der Waals surface area contributed by atoms with Crippen LogP contribution in [0.3, 0.4) is 0 Å². The van der Waals surface area contributed by atoms with Crippen LogP contribution in [0.25, 0.3) is 0 Å². The van der Waals surface area contributed by atoms with Crippen molar-refractivity contribution in [2.45, 2.75) is 149 Å². The summed E-state index contributed by atoms with van der Waals surface area (Å²) in [5, 5.41) is 31.9. The minimum absolute atomic E-state index is 0.0930. The summed E-state index contributed by atoms with van der Waals surface area (Å²) in [5.41, 5.74) is 0.0930. The lowest BCUT2D eigenvalue weighted by Gasteiger charge is -2.34. The quantitative estimate of drug-likeness (QED) is 0.279. The minimum atomic E-state index is -0.612. The van der Waals surface area contributed by atoms with Crippen LogP contribution in [-0.2, 0) is 0 Å². The van der Waals surface area contributed by atoms with E-state index in [2.05, 4.69) is 34.6 Å². The maximum Gasteiger partial charge on any atom is 0.0801 e. The van der Waals surface area contributed by atoms with E-state index in [1.807, 2.05) is 0 Å². The van der Waals surface area contributed by atoms with E-state index in [0.29, 0.717) is 18.3 Å². The third-order valence-corrected chi connectivity index (χ3v) is 9.04. The van der Waals surface area contributed by atoms with Crippen molar-refractivity contribution in [3.8, 4) is 0 Å². The Balaban J connectivity index is 1.64. The molecule has 0 amide bonds. The Hall–Kier alpha value is -0.120. The van der Waals surface area contributed by atoms with Crippen LogP contribution in [0.15, 0.2) is 0 Å². The molecule has 2 saturated carbocycles. The molecule has 3 N–H and O–H groups in total. The maximum absolute atomic E-state index is 10.8. The molecule has 0 saturated heterocycles. The third-order valence-electron chi connectivity index (χ3n) is 9.04. The summed E-state index contributed by atoms with van der Waals surface area (Å²) in [7, 11) is 0. The normalized spacial score (nSPS) is 30.3. The second kappa shape index (κ2) is 13.7. The van der Waals surface area contributed by atoms with Crippen LogP contribution >= 0.6 is 0 Å². The van der Waals surface area contributed by atoms with Crippen molar-refractivity contribution in [2.24, 2.45) is 35.0 Å². The van der Waals surface area contributed by atoms with Crippen LogP contribution in [-0.4, -0.2) is 33.6 Å². The third kappa shape index (κ3) is 10.0. The molecule has 3 heteroatoms. The molecular formula is C29H56O3. The summed E-state index contributed by atoms with van der Waals surface area (Å²) in [6.07, 6.45) is 15.4. The largest absolute Gasteiger partial charge is 0.393 e. The first-order valence-electron chi connectivity index (χ1n) is 14.1. The molecule has 0 radical (unpaired) electrons. The molecule has 0 bridgehead atoms. The fourth-order valence-electron chi connectivity index (χ4n) is 6.48. The molecular weight excluding hydrogens is 396 g/mol. The SMILES string of the molecule is CCC1CCC(CC(O)C(O)CCC(C)(C)CC[C@H](O)C2CCC(CC(C)C)CC2)CC1. The lowest BCUT2D eigenvalue weighted by Crippen LogP contribution is -2.31. The van der Waals surface area contributed by atoms with Gasteiger partial charge in [-0.05, 0) is 86.4 Å². The highest BCUT2D eigenvalue weighted by molar-refractivity contribution is 4.82. The maximum atomic E-state index is 10.8. The van der Waals surface area contributed by atoms with Crippen LogP contribution in [0.5, 0.6) is 0 Å². The van der Waals surface area contributed by atoms with Gasteiger partial charge in [-0.2, -0.15) is 0 Å². The number of hydrogen-bond acceptors (Lipinski definition) is 3. The Labute approximate surface area is 199 Å². The molecule has 3 atom stereocenters. The van der Waals surface area contributed by atoms with Crippen LogP contribution in [0, 0.1) is 35.0 Å². The number of hydrogen-bond donors (Lipinski definition) is 3. The molecule has 3 nitrogen and oxygen atoms in total. The zero-order chi connectivity index (χ0) is 23.7. The summed E-state index contributed by atoms with van der Waals surface area (Å²) in [6.45, 7) is 11.4. The Morgan fingerprint density at radius 1 is 0.688 bits per heavy atom. The Kier molecular flexibility index (Phi) is 12.0. The van der Waals surface area contributed by atoms with Gasteiger partial charge < -0.3 is 15.3 Å². The van der Waals surface area contributed by atoms with E-state index in [-0.39, 0.29) is 11.5 Å². The molecule has 0 aromatic carbocycles. The van der Waals surface area contributed by atoms with Gasteiger partial charge in [-0.1, -0.05) is 79.6 Å². The Morgan fingerprint density at radius 2 is 1.19 bits per heavy atom. The Morgan fingerprint density at radius 3 is 1.75 bits per heavy atom. The van der Waals surface area contributed by atoms with Gasteiger partial charge in [0.05, 0.1) is 18.3 Å². The van der Waals surface area contributed by atoms with E-state index in [1.165, 1.54) is 64.2 Å². The summed E-state index contributed by atoms with van der Waals surface area (Å²) >= 11 is 0. The monoisotopic (exact) mass is 452 g/mol. The van der Waals surface area contributed by atoms with Crippen molar-refractivity contribution < 1.29 is 15.3 Å². The summed E-state index contributed by atoms with van der Waals surface area (Å²) in [4.78, 5) is 0. The number of aliphatic hydroxyl groups excluding tert-OH is 3. The number of rotatable bonds is 13. The highest BCUT2D eigenvalue weighted by atomic mass is 16.3. The molecule has 0 spiro atoms. The van der Waals surface area contributed by atoms with Crippen molar-refractivity contribution in [1.82, 2.24) is 0 Å². The molecule has 2 fully saturated rings. The van der Waals surface area contributed by atoms with Gasteiger partial charge in [0.1, 0.15) is 0 Å². The zero-order valence-electron chi connectivity index (χ0n) is 22.1. The van der Waals surface area contributed by atoms with Gasteiger partial charge in [0.15, 0.2) is 0 Å². The molecule has 0 aromatic heterocycles. The van der Waals surface area contributed by atoms with Crippen LogP contribution in [0.4, 0.5) is 0 Å². The zero-order valence-corrected chi connectivity index (χ0v) is 22.1. The molecule has 32 heavy (non-hydrogen) atoms. The predicted molar refractivity (Wildman–Crippen MR) is 136 cm³/mol. The van der Waals surface area contributed by atoms with Gasteiger partial charge in [-0.15, -0.1) is 0 Å². The van der Waals surface area contributed by atoms with Crippen molar-refractivity contribution >= 4 is 0 Å². The topological polar surface area (TPSA) is 60.7 Å². The average molecular weight is 453 g/mol. The van der Waals surface area contributed by atoms with E-state index in [4.69, 9.17) is 0 Å². The first-order chi connectivity index (χ1) is 15.1. The standard InChI is InChI=1S/C29H56O3/c1-6-22-7-9-24(10-8-22)20-28(32)27(31)16-18-29(4,5)17-15-26(30)25-13-11-23(12-14-25)19-21(2)3/h21-28,30-32H,6-20H2,1-5H3/t22?,23?,24?,25?,26-,27?,28?/m0/s1. The van der Waals surface area contributed by atoms with E-state index < -0.39 is 12.2 Å². The molecule has 2 aliphatic rings. The van der Waals surface area contributed by atoms with Crippen molar-refractivity contribution in [3.63, 3.8) is 0 Å². The Bertz CT molecular complexity index is 487. The van der Waals surface area contributed by atoms with E-state index in [1.54, 1.807) is 0 Å². The second-order valence-corrected chi connectivity index (χ2v) is 12.9. The fourth-order valence-corrected chi connectivity index (χ4v) is 6.48. The van der Waals surface area contributed by atoms with Crippen molar-refractivity contribution in [1.29, 1.82) is 0 Å². The second-order valence-electron chi connectivity index (χ2n) is 12.9. The smallest absolute Gasteiger partial charge is 0.0801 e. The average Bonchev–Trinajstić information content (AvgIpc) is 2.76. The molecule has 2 aliphatic carbocycles.